The third kappa shape index (κ3) is 7.69. The second kappa shape index (κ2) is 9.66. The molecule has 1 rings (SSSR count). The topological polar surface area (TPSA) is 29.5 Å². The summed E-state index contributed by atoms with van der Waals surface area (Å²) < 4.78 is 5.57. The summed E-state index contributed by atoms with van der Waals surface area (Å²) in [6.07, 6.45) is 4.60. The zero-order chi connectivity index (χ0) is 17.6. The van der Waals surface area contributed by atoms with Crippen molar-refractivity contribution < 1.29 is 9.53 Å². The number of esters is 1. The van der Waals surface area contributed by atoms with Crippen LogP contribution in [0.1, 0.15) is 67.2 Å². The minimum atomic E-state index is -0.0268. The predicted molar refractivity (Wildman–Crippen MR) is 97.3 cm³/mol. The van der Waals surface area contributed by atoms with Crippen LogP contribution >= 0.6 is 0 Å². The number of carbonyl (C=O) groups excluding carboxylic acids is 1. The molecule has 3 nitrogen and oxygen atoms in total. The van der Waals surface area contributed by atoms with Crippen LogP contribution in [-0.4, -0.2) is 37.1 Å². The van der Waals surface area contributed by atoms with Crippen molar-refractivity contribution in [1.29, 1.82) is 0 Å². The van der Waals surface area contributed by atoms with Crippen molar-refractivity contribution in [3.05, 3.63) is 0 Å². The molecule has 0 aliphatic carbocycles. The van der Waals surface area contributed by atoms with Gasteiger partial charge in [-0.05, 0) is 63.3 Å². The summed E-state index contributed by atoms with van der Waals surface area (Å²) in [6.45, 7) is 15.2. The van der Waals surface area contributed by atoms with Crippen molar-refractivity contribution in [2.75, 3.05) is 20.2 Å². The predicted octanol–water partition coefficient (Wildman–Crippen LogP) is 4.60. The third-order valence-corrected chi connectivity index (χ3v) is 5.37. The summed E-state index contributed by atoms with van der Waals surface area (Å²) in [5.41, 5.74) is 0. The van der Waals surface area contributed by atoms with Gasteiger partial charge in [0, 0.05) is 12.6 Å². The fourth-order valence-corrected chi connectivity index (χ4v) is 4.22. The van der Waals surface area contributed by atoms with Crippen LogP contribution in [0.15, 0.2) is 0 Å². The van der Waals surface area contributed by atoms with Crippen LogP contribution in [-0.2, 0) is 9.53 Å². The lowest BCUT2D eigenvalue weighted by molar-refractivity contribution is -0.150. The standard InChI is InChI=1S/C20H39NO2/c1-14-8-15(2)10-17(4)13-23-20(22)18(5)11-19(6)21(7)12-16(3)9-14/h14-19H,8-13H2,1-7H3. The number of nitrogens with zero attached hydrogens (tertiary/aromatic N) is 1. The van der Waals surface area contributed by atoms with E-state index in [1.165, 1.54) is 12.8 Å². The molecule has 1 saturated heterocycles. The van der Waals surface area contributed by atoms with E-state index in [0.29, 0.717) is 30.4 Å². The third-order valence-electron chi connectivity index (χ3n) is 5.37. The number of ether oxygens (including phenoxy) is 1. The molecule has 0 saturated carbocycles. The highest BCUT2D eigenvalue weighted by molar-refractivity contribution is 5.72. The van der Waals surface area contributed by atoms with E-state index >= 15 is 0 Å². The van der Waals surface area contributed by atoms with Crippen molar-refractivity contribution >= 4 is 5.97 Å². The van der Waals surface area contributed by atoms with Gasteiger partial charge in [-0.25, -0.2) is 0 Å². The Morgan fingerprint density at radius 1 is 0.826 bits per heavy atom. The van der Waals surface area contributed by atoms with E-state index in [2.05, 4.69) is 46.6 Å². The molecular formula is C20H39NO2. The van der Waals surface area contributed by atoms with Gasteiger partial charge >= 0.3 is 5.97 Å². The number of hydrogen-bond donors (Lipinski definition) is 0. The van der Waals surface area contributed by atoms with E-state index in [4.69, 9.17) is 4.74 Å². The SMILES string of the molecule is CC1COC(=O)C(C)CC(C)N(C)CC(C)CC(C)CC(C)C1. The minimum Gasteiger partial charge on any atom is -0.465 e. The number of rotatable bonds is 0. The first kappa shape index (κ1) is 20.5. The van der Waals surface area contributed by atoms with Gasteiger partial charge in [0.05, 0.1) is 12.5 Å². The summed E-state index contributed by atoms with van der Waals surface area (Å²) >= 11 is 0. The molecule has 1 fully saturated rings. The Morgan fingerprint density at radius 2 is 1.35 bits per heavy atom. The van der Waals surface area contributed by atoms with E-state index in [1.54, 1.807) is 0 Å². The van der Waals surface area contributed by atoms with Crippen molar-refractivity contribution in [3.63, 3.8) is 0 Å². The lowest BCUT2D eigenvalue weighted by atomic mass is 9.85. The number of carbonyl (C=O) groups is 1. The molecule has 23 heavy (non-hydrogen) atoms. The van der Waals surface area contributed by atoms with Crippen molar-refractivity contribution in [2.24, 2.45) is 29.6 Å². The quantitative estimate of drug-likeness (QED) is 0.609. The lowest BCUT2D eigenvalue weighted by Crippen LogP contribution is -2.35. The maximum absolute atomic E-state index is 12.2. The molecular weight excluding hydrogens is 286 g/mol. The normalized spacial score (nSPS) is 40.0. The lowest BCUT2D eigenvalue weighted by Gasteiger charge is -2.30. The largest absolute Gasteiger partial charge is 0.465 e. The zero-order valence-corrected chi connectivity index (χ0v) is 16.5. The Morgan fingerprint density at radius 3 is 1.96 bits per heavy atom. The summed E-state index contributed by atoms with van der Waals surface area (Å²) in [5.74, 6) is 2.58. The van der Waals surface area contributed by atoms with E-state index in [1.807, 2.05) is 6.92 Å². The fourth-order valence-electron chi connectivity index (χ4n) is 4.22. The molecule has 0 radical (unpaired) electrons. The Hall–Kier alpha value is -0.570. The zero-order valence-electron chi connectivity index (χ0n) is 16.5. The number of hydrogen-bond acceptors (Lipinski definition) is 3. The summed E-state index contributed by atoms with van der Waals surface area (Å²) in [7, 11) is 2.19. The molecule has 0 aromatic heterocycles. The number of cyclic esters (lactones) is 1. The van der Waals surface area contributed by atoms with Crippen LogP contribution in [0.25, 0.3) is 0 Å². The molecule has 0 aromatic carbocycles. The second-order valence-electron chi connectivity index (χ2n) is 8.68. The molecule has 6 unspecified atom stereocenters. The molecule has 0 N–H and O–H groups in total. The van der Waals surface area contributed by atoms with Gasteiger partial charge in [0.2, 0.25) is 0 Å². The van der Waals surface area contributed by atoms with Gasteiger partial charge in [0.1, 0.15) is 0 Å². The van der Waals surface area contributed by atoms with Crippen LogP contribution < -0.4 is 0 Å². The fraction of sp³-hybridized carbons (Fsp3) is 0.950. The molecule has 1 aliphatic heterocycles. The van der Waals surface area contributed by atoms with Gasteiger partial charge in [-0.15, -0.1) is 0 Å². The Balaban J connectivity index is 2.75. The molecule has 0 bridgehead atoms. The van der Waals surface area contributed by atoms with E-state index in [9.17, 15) is 4.79 Å². The van der Waals surface area contributed by atoms with Crippen LogP contribution in [0.2, 0.25) is 0 Å². The van der Waals surface area contributed by atoms with Gasteiger partial charge in [0.15, 0.2) is 0 Å². The first-order valence-corrected chi connectivity index (χ1v) is 9.55. The molecule has 1 heterocycles. The van der Waals surface area contributed by atoms with Gasteiger partial charge in [-0.1, -0.05) is 34.6 Å². The van der Waals surface area contributed by atoms with Gasteiger partial charge in [-0.3, -0.25) is 4.79 Å². The molecule has 6 atom stereocenters. The Kier molecular flexibility index (Phi) is 8.60. The molecule has 0 aromatic rings. The average Bonchev–Trinajstić information content (AvgIpc) is 2.42. The smallest absolute Gasteiger partial charge is 0.308 e. The molecule has 0 spiro atoms. The minimum absolute atomic E-state index is 0.0172. The molecule has 1 aliphatic rings. The van der Waals surface area contributed by atoms with Crippen molar-refractivity contribution in [2.45, 2.75) is 73.3 Å². The summed E-state index contributed by atoms with van der Waals surface area (Å²) in [5, 5.41) is 0. The van der Waals surface area contributed by atoms with Crippen LogP contribution in [0.3, 0.4) is 0 Å². The monoisotopic (exact) mass is 325 g/mol. The van der Waals surface area contributed by atoms with Gasteiger partial charge in [-0.2, -0.15) is 0 Å². The van der Waals surface area contributed by atoms with E-state index in [0.717, 1.165) is 25.3 Å². The van der Waals surface area contributed by atoms with Gasteiger partial charge < -0.3 is 9.64 Å². The Bertz CT molecular complexity index is 358. The highest BCUT2D eigenvalue weighted by atomic mass is 16.5. The first-order valence-electron chi connectivity index (χ1n) is 9.55. The van der Waals surface area contributed by atoms with Crippen LogP contribution in [0.5, 0.6) is 0 Å². The molecule has 3 heteroatoms. The van der Waals surface area contributed by atoms with Crippen LogP contribution in [0, 0.1) is 29.6 Å². The van der Waals surface area contributed by atoms with Crippen molar-refractivity contribution in [1.82, 2.24) is 4.90 Å². The van der Waals surface area contributed by atoms with Gasteiger partial charge in [0.25, 0.3) is 0 Å². The van der Waals surface area contributed by atoms with Crippen molar-refractivity contribution in [3.8, 4) is 0 Å². The highest BCUT2D eigenvalue weighted by Gasteiger charge is 2.23. The first-order chi connectivity index (χ1) is 10.7. The van der Waals surface area contributed by atoms with E-state index < -0.39 is 0 Å². The highest BCUT2D eigenvalue weighted by Crippen LogP contribution is 2.26. The van der Waals surface area contributed by atoms with E-state index in [-0.39, 0.29) is 11.9 Å². The maximum atomic E-state index is 12.2. The summed E-state index contributed by atoms with van der Waals surface area (Å²) in [4.78, 5) is 14.6. The maximum Gasteiger partial charge on any atom is 0.308 e. The summed E-state index contributed by atoms with van der Waals surface area (Å²) in [6, 6.07) is 0.414. The Labute approximate surface area is 144 Å². The van der Waals surface area contributed by atoms with Crippen LogP contribution in [0.4, 0.5) is 0 Å². The molecule has 136 valence electrons. The average molecular weight is 326 g/mol. The second-order valence-corrected chi connectivity index (χ2v) is 8.68. The molecule has 0 amide bonds.